The molecule has 0 atom stereocenters. The van der Waals surface area contributed by atoms with Crippen LogP contribution in [0.5, 0.6) is 0 Å². The van der Waals surface area contributed by atoms with Crippen LogP contribution in [-0.2, 0) is 19.1 Å². The van der Waals surface area contributed by atoms with Gasteiger partial charge in [0.15, 0.2) is 0 Å². The summed E-state index contributed by atoms with van der Waals surface area (Å²) in [6.07, 6.45) is 8.66. The van der Waals surface area contributed by atoms with Crippen molar-refractivity contribution in [3.63, 3.8) is 0 Å². The second-order valence-electron chi connectivity index (χ2n) is 4.39. The molecule has 0 N–H and O–H groups in total. The van der Waals surface area contributed by atoms with Crippen molar-refractivity contribution in [1.82, 2.24) is 9.80 Å². The highest BCUT2D eigenvalue weighted by Crippen LogP contribution is 2.24. The lowest BCUT2D eigenvalue weighted by molar-refractivity contribution is -0.140. The third-order valence-electron chi connectivity index (χ3n) is 3.03. The lowest BCUT2D eigenvalue weighted by Crippen LogP contribution is -2.28. The summed E-state index contributed by atoms with van der Waals surface area (Å²) in [7, 11) is 4.37. The highest BCUT2D eigenvalue weighted by Gasteiger charge is 2.39. The van der Waals surface area contributed by atoms with Crippen molar-refractivity contribution in [3.8, 4) is 0 Å². The number of ether oxygens (including phenoxy) is 1. The molecule has 0 fully saturated rings. The fraction of sp³-hybridized carbons (Fsp3) is 0.214. The first-order valence-corrected chi connectivity index (χ1v) is 5.90. The lowest BCUT2D eigenvalue weighted by atomic mass is 10.1. The smallest absolute Gasteiger partial charge is 0.344 e. The third kappa shape index (κ3) is 2.27. The van der Waals surface area contributed by atoms with Gasteiger partial charge in [-0.2, -0.15) is 0 Å². The van der Waals surface area contributed by atoms with Gasteiger partial charge in [0.25, 0.3) is 11.8 Å². The number of hydrogen-bond donors (Lipinski definition) is 0. The summed E-state index contributed by atoms with van der Waals surface area (Å²) in [5.41, 5.74) is 0.544. The molecule has 0 radical (unpaired) electrons. The van der Waals surface area contributed by atoms with E-state index >= 15 is 0 Å². The zero-order valence-electron chi connectivity index (χ0n) is 11.4. The fourth-order valence-corrected chi connectivity index (χ4v) is 1.87. The van der Waals surface area contributed by atoms with Gasteiger partial charge < -0.3 is 9.64 Å². The fourth-order valence-electron chi connectivity index (χ4n) is 1.87. The first-order chi connectivity index (χ1) is 9.45. The van der Waals surface area contributed by atoms with E-state index in [-0.39, 0.29) is 11.1 Å². The highest BCUT2D eigenvalue weighted by atomic mass is 16.5. The average Bonchev–Trinajstić information content (AvgIpc) is 2.65. The zero-order chi connectivity index (χ0) is 14.9. The number of amides is 2. The topological polar surface area (TPSA) is 66.9 Å². The van der Waals surface area contributed by atoms with Crippen LogP contribution in [0.25, 0.3) is 0 Å². The molecule has 0 spiro atoms. The van der Waals surface area contributed by atoms with Gasteiger partial charge in [0, 0.05) is 26.5 Å². The number of imide groups is 1. The minimum atomic E-state index is -0.805. The summed E-state index contributed by atoms with van der Waals surface area (Å²) in [6.45, 7) is 0. The summed E-state index contributed by atoms with van der Waals surface area (Å²) >= 11 is 0. The maximum absolute atomic E-state index is 12.0. The van der Waals surface area contributed by atoms with Crippen LogP contribution in [0.4, 0.5) is 0 Å². The number of esters is 1. The summed E-state index contributed by atoms with van der Waals surface area (Å²) in [4.78, 5) is 38.3. The third-order valence-corrected chi connectivity index (χ3v) is 3.03. The van der Waals surface area contributed by atoms with E-state index in [1.165, 1.54) is 20.2 Å². The molecule has 0 aromatic heterocycles. The molecule has 0 saturated heterocycles. The van der Waals surface area contributed by atoms with E-state index in [4.69, 9.17) is 0 Å². The summed E-state index contributed by atoms with van der Waals surface area (Å²) in [5, 5.41) is 0. The van der Waals surface area contributed by atoms with Gasteiger partial charge in [0.2, 0.25) is 0 Å². The van der Waals surface area contributed by atoms with Gasteiger partial charge in [0.05, 0.1) is 12.7 Å². The molecule has 2 aliphatic rings. The molecule has 2 aliphatic heterocycles. The van der Waals surface area contributed by atoms with Gasteiger partial charge in [-0.15, -0.1) is 0 Å². The first-order valence-electron chi connectivity index (χ1n) is 5.90. The van der Waals surface area contributed by atoms with Gasteiger partial charge in [-0.25, -0.2) is 4.79 Å². The Morgan fingerprint density at radius 1 is 1.15 bits per heavy atom. The molecule has 2 heterocycles. The van der Waals surface area contributed by atoms with Crippen molar-refractivity contribution >= 4 is 17.8 Å². The zero-order valence-corrected chi connectivity index (χ0v) is 11.4. The molecule has 20 heavy (non-hydrogen) atoms. The number of likely N-dealkylation sites (N-methyl/N-ethyl adjacent to an activating group) is 1. The summed E-state index contributed by atoms with van der Waals surface area (Å²) in [6, 6.07) is 0. The maximum atomic E-state index is 12.0. The molecule has 2 amide bonds. The Kier molecular flexibility index (Phi) is 3.56. The van der Waals surface area contributed by atoms with E-state index in [2.05, 4.69) is 4.74 Å². The molecule has 0 saturated carbocycles. The van der Waals surface area contributed by atoms with E-state index in [0.717, 1.165) is 10.5 Å². The van der Waals surface area contributed by atoms with E-state index in [9.17, 15) is 14.4 Å². The van der Waals surface area contributed by atoms with Crippen LogP contribution in [0.1, 0.15) is 0 Å². The Morgan fingerprint density at radius 2 is 1.75 bits per heavy atom. The Labute approximate surface area is 116 Å². The van der Waals surface area contributed by atoms with E-state index < -0.39 is 17.8 Å². The molecule has 0 aromatic carbocycles. The van der Waals surface area contributed by atoms with Gasteiger partial charge in [-0.1, -0.05) is 0 Å². The monoisotopic (exact) mass is 274 g/mol. The Balaban J connectivity index is 2.48. The Morgan fingerprint density at radius 3 is 2.30 bits per heavy atom. The van der Waals surface area contributed by atoms with Crippen molar-refractivity contribution in [3.05, 3.63) is 47.3 Å². The van der Waals surface area contributed by atoms with Crippen LogP contribution >= 0.6 is 0 Å². The summed E-state index contributed by atoms with van der Waals surface area (Å²) in [5.74, 6) is -1.96. The van der Waals surface area contributed by atoms with Gasteiger partial charge in [-0.05, 0) is 23.8 Å². The molecular formula is C14H14N2O4. The molecule has 104 valence electrons. The number of carbonyl (C=O) groups excluding carboxylic acids is 3. The first kappa shape index (κ1) is 13.8. The molecule has 6 heteroatoms. The van der Waals surface area contributed by atoms with Crippen LogP contribution in [0.3, 0.4) is 0 Å². The van der Waals surface area contributed by atoms with Crippen LogP contribution < -0.4 is 0 Å². The van der Waals surface area contributed by atoms with E-state index in [0.29, 0.717) is 0 Å². The van der Waals surface area contributed by atoms with Gasteiger partial charge >= 0.3 is 5.97 Å². The lowest BCUT2D eigenvalue weighted by Gasteiger charge is -2.12. The number of methoxy groups -OCH3 is 1. The largest absolute Gasteiger partial charge is 0.465 e. The summed E-state index contributed by atoms with van der Waals surface area (Å²) < 4.78 is 4.57. The molecule has 0 bridgehead atoms. The second-order valence-corrected chi connectivity index (χ2v) is 4.39. The number of nitrogens with zero attached hydrogens (tertiary/aromatic N) is 2. The molecule has 0 unspecified atom stereocenters. The Hall–Kier alpha value is -2.63. The molecule has 0 aliphatic carbocycles. The number of allylic oxidation sites excluding steroid dienone is 3. The Bertz CT molecular complexity index is 595. The van der Waals surface area contributed by atoms with E-state index in [1.54, 1.807) is 24.6 Å². The minimum Gasteiger partial charge on any atom is -0.465 e. The number of hydrogen-bond acceptors (Lipinski definition) is 5. The van der Waals surface area contributed by atoms with Crippen LogP contribution in [0.15, 0.2) is 47.3 Å². The maximum Gasteiger partial charge on any atom is 0.344 e. The number of carbonyl (C=O) groups is 3. The molecular weight excluding hydrogens is 260 g/mol. The predicted molar refractivity (Wildman–Crippen MR) is 70.9 cm³/mol. The predicted octanol–water partition coefficient (Wildman–Crippen LogP) is 0.354. The van der Waals surface area contributed by atoms with Crippen molar-refractivity contribution < 1.29 is 19.1 Å². The normalized spacial score (nSPS) is 18.2. The van der Waals surface area contributed by atoms with Crippen molar-refractivity contribution in [2.75, 3.05) is 21.2 Å². The van der Waals surface area contributed by atoms with Crippen LogP contribution in [-0.4, -0.2) is 48.8 Å². The standard InChI is InChI=1S/C14H14N2O4/c1-15-6-4-9(5-7-15)8-10-11(14(19)20-3)13(18)16(2)12(10)17/h4-8H,1-3H3. The SMILES string of the molecule is COC(=O)C1=C(C=C2C=CN(C)C=C2)C(=O)N(C)C1=O. The van der Waals surface area contributed by atoms with Crippen LogP contribution in [0.2, 0.25) is 0 Å². The minimum absolute atomic E-state index is 0.0539. The highest BCUT2D eigenvalue weighted by molar-refractivity contribution is 6.31. The second kappa shape index (κ2) is 5.16. The molecule has 2 rings (SSSR count). The van der Waals surface area contributed by atoms with Crippen LogP contribution in [0, 0.1) is 0 Å². The molecule has 0 aromatic rings. The quantitative estimate of drug-likeness (QED) is 0.413. The van der Waals surface area contributed by atoms with Crippen molar-refractivity contribution in [2.24, 2.45) is 0 Å². The average molecular weight is 274 g/mol. The van der Waals surface area contributed by atoms with Gasteiger partial charge in [-0.3, -0.25) is 14.5 Å². The van der Waals surface area contributed by atoms with E-state index in [1.807, 2.05) is 11.9 Å². The van der Waals surface area contributed by atoms with Crippen molar-refractivity contribution in [1.29, 1.82) is 0 Å². The van der Waals surface area contributed by atoms with Crippen molar-refractivity contribution in [2.45, 2.75) is 0 Å². The number of rotatable bonds is 2. The van der Waals surface area contributed by atoms with Gasteiger partial charge in [0.1, 0.15) is 5.57 Å². The molecule has 6 nitrogen and oxygen atoms in total.